The molecular weight excluding hydrogens is 274 g/mol. The fraction of sp³-hybridized carbons (Fsp3) is 0.500. The first-order valence-electron chi connectivity index (χ1n) is 6.80. The minimum Gasteiger partial charge on any atom is -0.480 e. The van der Waals surface area contributed by atoms with Gasteiger partial charge in [0.25, 0.3) is 5.91 Å². The van der Waals surface area contributed by atoms with Crippen LogP contribution in [0.1, 0.15) is 31.3 Å². The van der Waals surface area contributed by atoms with Crippen LogP contribution in [0.5, 0.6) is 0 Å². The standard InChI is InChI=1S/C14H21N3O4/c1-4-16(8-12(18)15-10(2)3)14(21)11-6-5-7-17(11)9-13(19)20/h5-7,10H,4,8-9H2,1-3H3,(H,15,18)(H,19,20). The maximum atomic E-state index is 12.4. The van der Waals surface area contributed by atoms with Crippen molar-refractivity contribution >= 4 is 17.8 Å². The molecule has 7 heteroatoms. The molecule has 0 bridgehead atoms. The molecule has 2 amide bonds. The zero-order valence-corrected chi connectivity index (χ0v) is 12.5. The monoisotopic (exact) mass is 295 g/mol. The lowest BCUT2D eigenvalue weighted by molar-refractivity contribution is -0.137. The number of likely N-dealkylation sites (N-methyl/N-ethyl adjacent to an activating group) is 1. The molecule has 0 radical (unpaired) electrons. The molecule has 0 fully saturated rings. The Hall–Kier alpha value is -2.31. The molecular formula is C14H21N3O4. The number of hydrogen-bond donors (Lipinski definition) is 2. The number of hydrogen-bond acceptors (Lipinski definition) is 3. The summed E-state index contributed by atoms with van der Waals surface area (Å²) in [6, 6.07) is 3.16. The largest absolute Gasteiger partial charge is 0.480 e. The number of carbonyl (C=O) groups excluding carboxylic acids is 2. The van der Waals surface area contributed by atoms with E-state index in [1.807, 2.05) is 13.8 Å². The highest BCUT2D eigenvalue weighted by atomic mass is 16.4. The van der Waals surface area contributed by atoms with Crippen LogP contribution in [0.15, 0.2) is 18.3 Å². The number of nitrogens with one attached hydrogen (secondary N) is 1. The molecule has 0 aromatic carbocycles. The van der Waals surface area contributed by atoms with Gasteiger partial charge in [0.1, 0.15) is 12.2 Å². The summed E-state index contributed by atoms with van der Waals surface area (Å²) in [6.07, 6.45) is 1.53. The molecule has 0 unspecified atom stereocenters. The van der Waals surface area contributed by atoms with Gasteiger partial charge in [-0.3, -0.25) is 14.4 Å². The number of carbonyl (C=O) groups is 3. The van der Waals surface area contributed by atoms with Crippen LogP contribution < -0.4 is 5.32 Å². The molecule has 1 heterocycles. The van der Waals surface area contributed by atoms with Gasteiger partial charge in [-0.15, -0.1) is 0 Å². The summed E-state index contributed by atoms with van der Waals surface area (Å²) in [5, 5.41) is 11.5. The van der Waals surface area contributed by atoms with E-state index in [-0.39, 0.29) is 36.6 Å². The van der Waals surface area contributed by atoms with Crippen molar-refractivity contribution in [3.05, 3.63) is 24.0 Å². The van der Waals surface area contributed by atoms with Crippen molar-refractivity contribution in [2.24, 2.45) is 0 Å². The number of carboxylic acids is 1. The zero-order chi connectivity index (χ0) is 16.0. The molecule has 0 spiro atoms. The highest BCUT2D eigenvalue weighted by Crippen LogP contribution is 2.07. The molecule has 0 aliphatic rings. The van der Waals surface area contributed by atoms with Gasteiger partial charge in [0.2, 0.25) is 5.91 Å². The van der Waals surface area contributed by atoms with Crippen molar-refractivity contribution in [2.45, 2.75) is 33.4 Å². The van der Waals surface area contributed by atoms with Crippen LogP contribution in [0.2, 0.25) is 0 Å². The van der Waals surface area contributed by atoms with Crippen LogP contribution in [0.3, 0.4) is 0 Å². The van der Waals surface area contributed by atoms with E-state index in [0.717, 1.165) is 0 Å². The maximum Gasteiger partial charge on any atom is 0.323 e. The highest BCUT2D eigenvalue weighted by Gasteiger charge is 2.20. The van der Waals surface area contributed by atoms with Crippen LogP contribution in [0.25, 0.3) is 0 Å². The van der Waals surface area contributed by atoms with Gasteiger partial charge >= 0.3 is 5.97 Å². The molecule has 0 atom stereocenters. The molecule has 1 rings (SSSR count). The van der Waals surface area contributed by atoms with Gasteiger partial charge in [-0.2, -0.15) is 0 Å². The van der Waals surface area contributed by atoms with Crippen molar-refractivity contribution in [1.82, 2.24) is 14.8 Å². The van der Waals surface area contributed by atoms with Crippen molar-refractivity contribution in [3.63, 3.8) is 0 Å². The summed E-state index contributed by atoms with van der Waals surface area (Å²) in [6.45, 7) is 5.48. The third-order valence-electron chi connectivity index (χ3n) is 2.81. The van der Waals surface area contributed by atoms with Crippen LogP contribution in [-0.2, 0) is 16.1 Å². The Morgan fingerprint density at radius 2 is 2.05 bits per heavy atom. The summed E-state index contributed by atoms with van der Waals surface area (Å²) in [5.74, 6) is -1.62. The van der Waals surface area contributed by atoms with E-state index >= 15 is 0 Å². The summed E-state index contributed by atoms with van der Waals surface area (Å²) in [7, 11) is 0. The summed E-state index contributed by atoms with van der Waals surface area (Å²) in [5.41, 5.74) is 0.261. The first kappa shape index (κ1) is 16.7. The van der Waals surface area contributed by atoms with Gasteiger partial charge in [-0.05, 0) is 32.9 Å². The number of rotatable bonds is 7. The molecule has 0 aliphatic carbocycles. The number of carboxylic acid groups (broad SMARTS) is 1. The Bertz CT molecular complexity index is 522. The Labute approximate surface area is 123 Å². The third kappa shape index (κ3) is 4.94. The Kier molecular flexibility index (Phi) is 5.95. The smallest absolute Gasteiger partial charge is 0.323 e. The first-order chi connectivity index (χ1) is 9.85. The average Bonchev–Trinajstić information content (AvgIpc) is 2.81. The second kappa shape index (κ2) is 7.47. The normalized spacial score (nSPS) is 10.5. The van der Waals surface area contributed by atoms with Gasteiger partial charge < -0.3 is 19.9 Å². The summed E-state index contributed by atoms with van der Waals surface area (Å²) in [4.78, 5) is 36.3. The van der Waals surface area contributed by atoms with E-state index in [4.69, 9.17) is 5.11 Å². The first-order valence-corrected chi connectivity index (χ1v) is 6.80. The van der Waals surface area contributed by atoms with Crippen LogP contribution >= 0.6 is 0 Å². The highest BCUT2D eigenvalue weighted by molar-refractivity contribution is 5.95. The lowest BCUT2D eigenvalue weighted by atomic mass is 10.3. The second-order valence-electron chi connectivity index (χ2n) is 4.96. The fourth-order valence-corrected chi connectivity index (χ4v) is 1.92. The van der Waals surface area contributed by atoms with E-state index in [2.05, 4.69) is 5.32 Å². The fourth-order valence-electron chi connectivity index (χ4n) is 1.92. The van der Waals surface area contributed by atoms with Gasteiger partial charge in [0.15, 0.2) is 0 Å². The molecule has 7 nitrogen and oxygen atoms in total. The molecule has 1 aromatic rings. The predicted octanol–water partition coefficient (Wildman–Crippen LogP) is 0.559. The molecule has 0 saturated heterocycles. The molecule has 1 aromatic heterocycles. The lowest BCUT2D eigenvalue weighted by Crippen LogP contribution is -2.43. The Morgan fingerprint density at radius 1 is 1.38 bits per heavy atom. The maximum absolute atomic E-state index is 12.4. The third-order valence-corrected chi connectivity index (χ3v) is 2.81. The topological polar surface area (TPSA) is 91.6 Å². The number of nitrogens with zero attached hydrogens (tertiary/aromatic N) is 2. The van der Waals surface area contributed by atoms with E-state index in [1.165, 1.54) is 15.7 Å². The number of aliphatic carboxylic acids is 1. The zero-order valence-electron chi connectivity index (χ0n) is 12.5. The van der Waals surface area contributed by atoms with Gasteiger partial charge in [0.05, 0.1) is 6.54 Å². The van der Waals surface area contributed by atoms with Crippen molar-refractivity contribution in [3.8, 4) is 0 Å². The van der Waals surface area contributed by atoms with E-state index in [9.17, 15) is 14.4 Å². The van der Waals surface area contributed by atoms with E-state index in [0.29, 0.717) is 6.54 Å². The number of amides is 2. The number of aromatic nitrogens is 1. The Balaban J connectivity index is 2.81. The van der Waals surface area contributed by atoms with Gasteiger partial charge in [0, 0.05) is 18.8 Å². The van der Waals surface area contributed by atoms with Crippen LogP contribution in [-0.4, -0.2) is 51.5 Å². The molecule has 2 N–H and O–H groups in total. The molecule has 0 aliphatic heterocycles. The minimum atomic E-state index is -1.03. The van der Waals surface area contributed by atoms with Gasteiger partial charge in [-0.25, -0.2) is 0 Å². The van der Waals surface area contributed by atoms with Gasteiger partial charge in [-0.1, -0.05) is 0 Å². The molecule has 116 valence electrons. The Morgan fingerprint density at radius 3 is 2.57 bits per heavy atom. The van der Waals surface area contributed by atoms with Crippen molar-refractivity contribution in [2.75, 3.05) is 13.1 Å². The van der Waals surface area contributed by atoms with Crippen LogP contribution in [0, 0.1) is 0 Å². The van der Waals surface area contributed by atoms with E-state index < -0.39 is 5.97 Å². The predicted molar refractivity (Wildman–Crippen MR) is 76.9 cm³/mol. The van der Waals surface area contributed by atoms with Crippen LogP contribution in [0.4, 0.5) is 0 Å². The lowest BCUT2D eigenvalue weighted by Gasteiger charge is -2.21. The quantitative estimate of drug-likeness (QED) is 0.769. The summed E-state index contributed by atoms with van der Waals surface area (Å²) >= 11 is 0. The molecule has 21 heavy (non-hydrogen) atoms. The van der Waals surface area contributed by atoms with Crippen molar-refractivity contribution in [1.29, 1.82) is 0 Å². The molecule has 0 saturated carbocycles. The summed E-state index contributed by atoms with van der Waals surface area (Å²) < 4.78 is 1.35. The SMILES string of the molecule is CCN(CC(=O)NC(C)C)C(=O)c1cccn1CC(=O)O. The van der Waals surface area contributed by atoms with Crippen molar-refractivity contribution < 1.29 is 19.5 Å². The average molecular weight is 295 g/mol. The minimum absolute atomic E-state index is 0.00202. The second-order valence-corrected chi connectivity index (χ2v) is 4.96. The van der Waals surface area contributed by atoms with E-state index in [1.54, 1.807) is 19.1 Å².